The zero-order valence-corrected chi connectivity index (χ0v) is 11.4. The maximum atomic E-state index is 13.1. The van der Waals surface area contributed by atoms with Crippen molar-refractivity contribution in [1.82, 2.24) is 0 Å². The molecule has 0 amide bonds. The molecule has 0 saturated heterocycles. The number of rotatable bonds is 3. The third-order valence-electron chi connectivity index (χ3n) is 2.30. The van der Waals surface area contributed by atoms with E-state index in [4.69, 9.17) is 5.73 Å². The summed E-state index contributed by atoms with van der Waals surface area (Å²) >= 11 is 4.82. The van der Waals surface area contributed by atoms with Crippen LogP contribution >= 0.6 is 27.7 Å². The van der Waals surface area contributed by atoms with Crippen LogP contribution in [0.3, 0.4) is 0 Å². The lowest BCUT2D eigenvalue weighted by molar-refractivity contribution is 0.620. The lowest BCUT2D eigenvalue weighted by Crippen LogP contribution is -1.88. The van der Waals surface area contributed by atoms with Gasteiger partial charge in [0.05, 0.1) is 4.47 Å². The average molecular weight is 312 g/mol. The first-order chi connectivity index (χ1) is 8.16. The van der Waals surface area contributed by atoms with Gasteiger partial charge in [-0.05, 0) is 45.8 Å². The van der Waals surface area contributed by atoms with Crippen molar-refractivity contribution in [3.63, 3.8) is 0 Å². The summed E-state index contributed by atoms with van der Waals surface area (Å²) in [5.41, 5.74) is 7.69. The molecule has 2 N–H and O–H groups in total. The largest absolute Gasteiger partial charge is 0.398 e. The van der Waals surface area contributed by atoms with Crippen molar-refractivity contribution in [2.45, 2.75) is 10.6 Å². The summed E-state index contributed by atoms with van der Waals surface area (Å²) in [7, 11) is 0. The molecule has 2 rings (SSSR count). The Kier molecular flexibility index (Phi) is 4.07. The number of para-hydroxylation sites is 1. The van der Waals surface area contributed by atoms with Crippen LogP contribution in [0.15, 0.2) is 51.8 Å². The fraction of sp³-hybridized carbons (Fsp3) is 0.0769. The number of hydrogen-bond donors (Lipinski definition) is 1. The van der Waals surface area contributed by atoms with Crippen LogP contribution in [0, 0.1) is 5.82 Å². The van der Waals surface area contributed by atoms with Gasteiger partial charge in [0.1, 0.15) is 5.82 Å². The van der Waals surface area contributed by atoms with E-state index < -0.39 is 0 Å². The Morgan fingerprint density at radius 3 is 2.65 bits per heavy atom. The zero-order valence-electron chi connectivity index (χ0n) is 8.99. The van der Waals surface area contributed by atoms with Crippen LogP contribution in [-0.4, -0.2) is 0 Å². The minimum Gasteiger partial charge on any atom is -0.398 e. The Morgan fingerprint density at radius 2 is 1.94 bits per heavy atom. The van der Waals surface area contributed by atoms with E-state index in [9.17, 15) is 4.39 Å². The topological polar surface area (TPSA) is 26.0 Å². The van der Waals surface area contributed by atoms with Gasteiger partial charge in [-0.3, -0.25) is 0 Å². The first-order valence-corrected chi connectivity index (χ1v) is 6.86. The number of thioether (sulfide) groups is 1. The molecule has 0 atom stereocenters. The molecular weight excluding hydrogens is 301 g/mol. The van der Waals surface area contributed by atoms with Gasteiger partial charge in [-0.1, -0.05) is 18.2 Å². The maximum Gasteiger partial charge on any atom is 0.137 e. The molecule has 0 radical (unpaired) electrons. The normalized spacial score (nSPS) is 10.5. The molecule has 4 heteroatoms. The first kappa shape index (κ1) is 12.5. The van der Waals surface area contributed by atoms with E-state index in [0.29, 0.717) is 4.47 Å². The van der Waals surface area contributed by atoms with Gasteiger partial charge in [-0.25, -0.2) is 4.39 Å². The summed E-state index contributed by atoms with van der Waals surface area (Å²) in [5.74, 6) is 0.533. The zero-order chi connectivity index (χ0) is 12.3. The highest BCUT2D eigenvalue weighted by atomic mass is 79.9. The monoisotopic (exact) mass is 311 g/mol. The van der Waals surface area contributed by atoms with Gasteiger partial charge in [-0.2, -0.15) is 0 Å². The quantitative estimate of drug-likeness (QED) is 0.669. The van der Waals surface area contributed by atoms with Crippen molar-refractivity contribution in [2.24, 2.45) is 0 Å². The predicted octanol–water partition coefficient (Wildman–Crippen LogP) is 4.46. The van der Waals surface area contributed by atoms with Crippen molar-refractivity contribution in [2.75, 3.05) is 5.73 Å². The van der Waals surface area contributed by atoms with Crippen LogP contribution in [0.25, 0.3) is 0 Å². The standard InChI is InChI=1S/C13H11BrFNS/c14-10-7-9(5-6-11(10)15)8-17-13-4-2-1-3-12(13)16/h1-7H,8,16H2. The first-order valence-electron chi connectivity index (χ1n) is 5.08. The highest BCUT2D eigenvalue weighted by Crippen LogP contribution is 2.28. The number of hydrogen-bond acceptors (Lipinski definition) is 2. The van der Waals surface area contributed by atoms with Crippen LogP contribution < -0.4 is 5.73 Å². The van der Waals surface area contributed by atoms with Crippen molar-refractivity contribution >= 4 is 33.4 Å². The van der Waals surface area contributed by atoms with E-state index in [-0.39, 0.29) is 5.82 Å². The molecular formula is C13H11BrFNS. The summed E-state index contributed by atoms with van der Waals surface area (Å²) in [6.45, 7) is 0. The molecule has 0 aromatic heterocycles. The Labute approximate surface area is 112 Å². The van der Waals surface area contributed by atoms with Gasteiger partial charge in [0.15, 0.2) is 0 Å². The summed E-state index contributed by atoms with van der Waals surface area (Å²) < 4.78 is 13.5. The fourth-order valence-corrected chi connectivity index (χ4v) is 2.74. The summed E-state index contributed by atoms with van der Waals surface area (Å²) in [4.78, 5) is 1.05. The van der Waals surface area contributed by atoms with E-state index in [1.807, 2.05) is 24.3 Å². The fourth-order valence-electron chi connectivity index (χ4n) is 1.40. The van der Waals surface area contributed by atoms with E-state index in [2.05, 4.69) is 15.9 Å². The van der Waals surface area contributed by atoms with E-state index >= 15 is 0 Å². The minimum absolute atomic E-state index is 0.238. The van der Waals surface area contributed by atoms with E-state index in [0.717, 1.165) is 21.9 Å². The second-order valence-electron chi connectivity index (χ2n) is 3.57. The second-order valence-corrected chi connectivity index (χ2v) is 5.45. The minimum atomic E-state index is -0.238. The molecule has 0 bridgehead atoms. The molecule has 1 nitrogen and oxygen atoms in total. The lowest BCUT2D eigenvalue weighted by Gasteiger charge is -2.05. The Balaban J connectivity index is 2.08. The van der Waals surface area contributed by atoms with E-state index in [1.165, 1.54) is 6.07 Å². The summed E-state index contributed by atoms with van der Waals surface area (Å²) in [6, 6.07) is 12.8. The molecule has 2 aromatic rings. The Morgan fingerprint density at radius 1 is 1.18 bits per heavy atom. The molecule has 0 aliphatic heterocycles. The molecule has 0 aliphatic rings. The van der Waals surface area contributed by atoms with E-state index in [1.54, 1.807) is 23.9 Å². The van der Waals surface area contributed by atoms with Crippen LogP contribution in [-0.2, 0) is 5.75 Å². The van der Waals surface area contributed by atoms with Gasteiger partial charge >= 0.3 is 0 Å². The van der Waals surface area contributed by atoms with Crippen LogP contribution in [0.5, 0.6) is 0 Å². The number of nitrogens with two attached hydrogens (primary N) is 1. The summed E-state index contributed by atoms with van der Waals surface area (Å²) in [6.07, 6.45) is 0. The van der Waals surface area contributed by atoms with Crippen molar-refractivity contribution in [3.05, 3.63) is 58.3 Å². The molecule has 0 heterocycles. The SMILES string of the molecule is Nc1ccccc1SCc1ccc(F)c(Br)c1. The molecule has 2 aromatic carbocycles. The highest BCUT2D eigenvalue weighted by molar-refractivity contribution is 9.10. The molecule has 0 spiro atoms. The van der Waals surface area contributed by atoms with Gasteiger partial charge in [0.25, 0.3) is 0 Å². The predicted molar refractivity (Wildman–Crippen MR) is 74.5 cm³/mol. The van der Waals surface area contributed by atoms with Gasteiger partial charge in [-0.15, -0.1) is 11.8 Å². The number of anilines is 1. The molecule has 17 heavy (non-hydrogen) atoms. The van der Waals surface area contributed by atoms with Gasteiger partial charge in [0, 0.05) is 16.3 Å². The number of nitrogen functional groups attached to an aromatic ring is 1. The molecule has 0 fully saturated rings. The molecule has 88 valence electrons. The van der Waals surface area contributed by atoms with Crippen molar-refractivity contribution in [1.29, 1.82) is 0 Å². The van der Waals surface area contributed by atoms with Gasteiger partial charge < -0.3 is 5.73 Å². The maximum absolute atomic E-state index is 13.1. The number of benzene rings is 2. The summed E-state index contributed by atoms with van der Waals surface area (Å²) in [5, 5.41) is 0. The van der Waals surface area contributed by atoms with Crippen LogP contribution in [0.2, 0.25) is 0 Å². The average Bonchev–Trinajstić information content (AvgIpc) is 2.32. The molecule has 0 saturated carbocycles. The lowest BCUT2D eigenvalue weighted by atomic mass is 10.2. The highest BCUT2D eigenvalue weighted by Gasteiger charge is 2.03. The third-order valence-corrected chi connectivity index (χ3v) is 4.07. The Hall–Kier alpha value is -1.00. The van der Waals surface area contributed by atoms with Crippen molar-refractivity contribution < 1.29 is 4.39 Å². The molecule has 0 unspecified atom stereocenters. The number of halogens is 2. The molecule has 0 aliphatic carbocycles. The van der Waals surface area contributed by atoms with Crippen molar-refractivity contribution in [3.8, 4) is 0 Å². The Bertz CT molecular complexity index is 531. The second kappa shape index (κ2) is 5.56. The van der Waals surface area contributed by atoms with Crippen LogP contribution in [0.4, 0.5) is 10.1 Å². The third kappa shape index (κ3) is 3.23. The smallest absolute Gasteiger partial charge is 0.137 e. The van der Waals surface area contributed by atoms with Crippen LogP contribution in [0.1, 0.15) is 5.56 Å². The van der Waals surface area contributed by atoms with Gasteiger partial charge in [0.2, 0.25) is 0 Å².